The van der Waals surface area contributed by atoms with Gasteiger partial charge in [0.2, 0.25) is 0 Å². The van der Waals surface area contributed by atoms with Crippen LogP contribution >= 0.6 is 35.0 Å². The van der Waals surface area contributed by atoms with Gasteiger partial charge in [-0.2, -0.15) is 11.8 Å². The number of phenolic OH excluding ortho intramolecular Hbond substituents is 1. The van der Waals surface area contributed by atoms with Crippen LogP contribution in [-0.2, 0) is 14.3 Å². The van der Waals surface area contributed by atoms with Crippen molar-refractivity contribution in [3.63, 3.8) is 0 Å². The summed E-state index contributed by atoms with van der Waals surface area (Å²) in [6.45, 7) is 6.24. The van der Waals surface area contributed by atoms with Crippen LogP contribution in [0.1, 0.15) is 56.6 Å². The molecule has 2 atom stereocenters. The highest BCUT2D eigenvalue weighted by molar-refractivity contribution is 7.99. The maximum absolute atomic E-state index is 13.8. The highest BCUT2D eigenvalue weighted by Crippen LogP contribution is 2.48. The van der Waals surface area contributed by atoms with Gasteiger partial charge in [0.15, 0.2) is 17.3 Å². The molecule has 1 aliphatic carbocycles. The standard InChI is InChI=1S/C29H31Cl2NO5S/c1-4-36-24-15-19(12-21(31)28(24)34)26-25(29(35)37-10-11-38-5-2)16(3)32-22-13-18(14-23(33)27(22)26)17-6-8-20(30)9-7-17/h6-9,12,15,18,26,32,34H,4-5,10-11,13-14H2,1-3H3/t18-,26-/m1/s1. The van der Waals surface area contributed by atoms with Crippen LogP contribution in [0.25, 0.3) is 0 Å². The minimum absolute atomic E-state index is 0.0265. The zero-order chi connectivity index (χ0) is 27.4. The van der Waals surface area contributed by atoms with Crippen molar-refractivity contribution in [2.24, 2.45) is 0 Å². The van der Waals surface area contributed by atoms with Crippen LogP contribution in [0.4, 0.5) is 0 Å². The second-order valence-corrected chi connectivity index (χ2v) is 11.4. The normalized spacial score (nSPS) is 19.2. The molecule has 0 unspecified atom stereocenters. The maximum atomic E-state index is 13.8. The average molecular weight is 577 g/mol. The van der Waals surface area contributed by atoms with E-state index >= 15 is 0 Å². The minimum atomic E-state index is -0.714. The maximum Gasteiger partial charge on any atom is 0.336 e. The number of carbonyl (C=O) groups excluding carboxylic acids is 2. The van der Waals surface area contributed by atoms with Crippen LogP contribution in [0.5, 0.6) is 11.5 Å². The summed E-state index contributed by atoms with van der Waals surface area (Å²) in [5, 5.41) is 14.5. The Hall–Kier alpha value is -2.61. The van der Waals surface area contributed by atoms with E-state index < -0.39 is 11.9 Å². The molecule has 2 aromatic carbocycles. The number of dihydropyridines is 1. The smallest absolute Gasteiger partial charge is 0.336 e. The van der Waals surface area contributed by atoms with Gasteiger partial charge in [-0.3, -0.25) is 4.79 Å². The first kappa shape index (κ1) is 28.4. The lowest BCUT2D eigenvalue weighted by atomic mass is 9.71. The highest BCUT2D eigenvalue weighted by Gasteiger charge is 2.42. The van der Waals surface area contributed by atoms with Crippen LogP contribution in [0.15, 0.2) is 58.9 Å². The van der Waals surface area contributed by atoms with Crippen molar-refractivity contribution >= 4 is 46.7 Å². The number of nitrogens with one attached hydrogen (secondary N) is 1. The number of halogens is 2. The Kier molecular flexibility index (Phi) is 9.34. The zero-order valence-electron chi connectivity index (χ0n) is 21.6. The molecule has 6 nitrogen and oxygen atoms in total. The Morgan fingerprint density at radius 2 is 1.87 bits per heavy atom. The predicted octanol–water partition coefficient (Wildman–Crippen LogP) is 6.76. The summed E-state index contributed by atoms with van der Waals surface area (Å²) in [4.78, 5) is 27.2. The van der Waals surface area contributed by atoms with Crippen molar-refractivity contribution in [1.29, 1.82) is 0 Å². The highest BCUT2D eigenvalue weighted by atomic mass is 35.5. The first-order valence-electron chi connectivity index (χ1n) is 12.6. The van der Waals surface area contributed by atoms with E-state index in [1.165, 1.54) is 0 Å². The number of thioether (sulfide) groups is 1. The fourth-order valence-electron chi connectivity index (χ4n) is 5.05. The van der Waals surface area contributed by atoms with Gasteiger partial charge < -0.3 is 19.9 Å². The molecule has 1 aliphatic heterocycles. The van der Waals surface area contributed by atoms with Gasteiger partial charge in [-0.05, 0) is 67.3 Å². The first-order chi connectivity index (χ1) is 18.2. The third kappa shape index (κ3) is 6.00. The number of aromatic hydroxyl groups is 1. The van der Waals surface area contributed by atoms with Crippen LogP contribution in [0.3, 0.4) is 0 Å². The molecule has 2 aromatic rings. The summed E-state index contributed by atoms with van der Waals surface area (Å²) in [6, 6.07) is 10.8. The lowest BCUT2D eigenvalue weighted by Gasteiger charge is -2.37. The Bertz CT molecular complexity index is 1290. The van der Waals surface area contributed by atoms with E-state index in [1.807, 2.05) is 38.1 Å². The summed E-state index contributed by atoms with van der Waals surface area (Å²) >= 11 is 14.1. The van der Waals surface area contributed by atoms with Crippen molar-refractivity contribution in [2.45, 2.75) is 45.4 Å². The van der Waals surface area contributed by atoms with Crippen LogP contribution < -0.4 is 10.1 Å². The van der Waals surface area contributed by atoms with Gasteiger partial charge in [-0.25, -0.2) is 4.79 Å². The molecular weight excluding hydrogens is 545 g/mol. The van der Waals surface area contributed by atoms with E-state index in [4.69, 9.17) is 32.7 Å². The number of allylic oxidation sites excluding steroid dienone is 3. The Labute approximate surface area is 237 Å². The number of rotatable bonds is 9. The number of benzene rings is 2. The average Bonchev–Trinajstić information content (AvgIpc) is 2.88. The second kappa shape index (κ2) is 12.5. The topological polar surface area (TPSA) is 84.9 Å². The van der Waals surface area contributed by atoms with E-state index in [0.29, 0.717) is 46.2 Å². The molecular formula is C29H31Cl2NO5S. The molecule has 0 spiro atoms. The van der Waals surface area contributed by atoms with Crippen molar-refractivity contribution in [2.75, 3.05) is 24.7 Å². The molecule has 0 saturated heterocycles. The van der Waals surface area contributed by atoms with Crippen molar-refractivity contribution in [3.05, 3.63) is 80.1 Å². The molecule has 0 bridgehead atoms. The number of ketones is 1. The first-order valence-corrected chi connectivity index (χ1v) is 14.6. The van der Waals surface area contributed by atoms with E-state index in [0.717, 1.165) is 17.0 Å². The molecule has 0 radical (unpaired) electrons. The van der Waals surface area contributed by atoms with Crippen LogP contribution in [-0.4, -0.2) is 41.6 Å². The Balaban J connectivity index is 1.78. The van der Waals surface area contributed by atoms with E-state index in [-0.39, 0.29) is 41.3 Å². The SMILES string of the molecule is CCOc1cc([C@@H]2C(C(=O)OCCSCC)=C(C)NC3=C2C(=O)C[C@H](c2ccc(Cl)cc2)C3)cc(Cl)c1O. The number of phenols is 1. The number of carbonyl (C=O) groups is 2. The second-order valence-electron chi connectivity index (χ2n) is 9.18. The summed E-state index contributed by atoms with van der Waals surface area (Å²) in [7, 11) is 0. The van der Waals surface area contributed by atoms with Crippen molar-refractivity contribution in [1.82, 2.24) is 5.32 Å². The van der Waals surface area contributed by atoms with Gasteiger partial charge in [0, 0.05) is 40.1 Å². The summed E-state index contributed by atoms with van der Waals surface area (Å²) in [6.07, 6.45) is 0.882. The fraction of sp³-hybridized carbons (Fsp3) is 0.379. The van der Waals surface area contributed by atoms with E-state index in [1.54, 1.807) is 30.8 Å². The molecule has 4 rings (SSSR count). The summed E-state index contributed by atoms with van der Waals surface area (Å²) in [5.41, 5.74) is 3.86. The van der Waals surface area contributed by atoms with Crippen LogP contribution in [0, 0.1) is 0 Å². The van der Waals surface area contributed by atoms with Gasteiger partial charge >= 0.3 is 5.97 Å². The third-order valence-electron chi connectivity index (χ3n) is 6.74. The molecule has 38 heavy (non-hydrogen) atoms. The molecule has 9 heteroatoms. The molecule has 0 amide bonds. The number of hydrogen-bond donors (Lipinski definition) is 2. The third-order valence-corrected chi connectivity index (χ3v) is 8.14. The number of Topliss-reactive ketones (excluding diaryl/α,β-unsaturated/α-hetero) is 1. The summed E-state index contributed by atoms with van der Waals surface area (Å²) < 4.78 is 11.3. The lowest BCUT2D eigenvalue weighted by molar-refractivity contribution is -0.138. The molecule has 2 N–H and O–H groups in total. The van der Waals surface area contributed by atoms with E-state index in [2.05, 4.69) is 5.32 Å². The zero-order valence-corrected chi connectivity index (χ0v) is 23.9. The molecule has 2 aliphatic rings. The monoisotopic (exact) mass is 575 g/mol. The number of esters is 1. The molecule has 0 saturated carbocycles. The quantitative estimate of drug-likeness (QED) is 0.252. The van der Waals surface area contributed by atoms with Gasteiger partial charge in [-0.15, -0.1) is 0 Å². The molecule has 1 heterocycles. The fourth-order valence-corrected chi connectivity index (χ4v) is 5.89. The van der Waals surface area contributed by atoms with Gasteiger partial charge in [-0.1, -0.05) is 42.3 Å². The Morgan fingerprint density at radius 3 is 2.55 bits per heavy atom. The predicted molar refractivity (Wildman–Crippen MR) is 152 cm³/mol. The van der Waals surface area contributed by atoms with Gasteiger partial charge in [0.05, 0.1) is 17.2 Å². The number of ether oxygens (including phenoxy) is 2. The minimum Gasteiger partial charge on any atom is -0.503 e. The van der Waals surface area contributed by atoms with Gasteiger partial charge in [0.25, 0.3) is 0 Å². The molecule has 0 fully saturated rings. The molecule has 0 aromatic heterocycles. The summed E-state index contributed by atoms with van der Waals surface area (Å²) in [5.74, 6) is 0.331. The Morgan fingerprint density at radius 1 is 1.13 bits per heavy atom. The largest absolute Gasteiger partial charge is 0.503 e. The number of hydrogen-bond acceptors (Lipinski definition) is 7. The lowest BCUT2D eigenvalue weighted by Crippen LogP contribution is -2.36. The van der Waals surface area contributed by atoms with Crippen molar-refractivity contribution in [3.8, 4) is 11.5 Å². The van der Waals surface area contributed by atoms with Gasteiger partial charge in [0.1, 0.15) is 6.61 Å². The van der Waals surface area contributed by atoms with Crippen molar-refractivity contribution < 1.29 is 24.2 Å². The molecule has 202 valence electrons. The van der Waals surface area contributed by atoms with Crippen LogP contribution in [0.2, 0.25) is 10.0 Å². The van der Waals surface area contributed by atoms with E-state index in [9.17, 15) is 14.7 Å².